The number of nitrogens with zero attached hydrogens (tertiary/aromatic N) is 1. The summed E-state index contributed by atoms with van der Waals surface area (Å²) < 4.78 is 30.9. The Bertz CT molecular complexity index is 879. The number of sulfone groups is 1. The van der Waals surface area contributed by atoms with Crippen LogP contribution in [-0.2, 0) is 9.84 Å². The zero-order valence-corrected chi connectivity index (χ0v) is 16.0. The lowest BCUT2D eigenvalue weighted by Gasteiger charge is -2.17. The highest BCUT2D eigenvalue weighted by molar-refractivity contribution is 7.92. The van der Waals surface area contributed by atoms with Crippen molar-refractivity contribution in [2.24, 2.45) is 0 Å². The molecule has 0 N–H and O–H groups in total. The molecule has 1 saturated heterocycles. The third-order valence-electron chi connectivity index (χ3n) is 4.43. The summed E-state index contributed by atoms with van der Waals surface area (Å²) in [5, 5.41) is -0.113. The van der Waals surface area contributed by atoms with E-state index in [0.717, 1.165) is 0 Å². The number of carbonyl (C=O) groups excluding carboxylic acids is 1. The highest BCUT2D eigenvalue weighted by Gasteiger charge is 2.36. The van der Waals surface area contributed by atoms with Crippen LogP contribution in [0.1, 0.15) is 23.7 Å². The van der Waals surface area contributed by atoms with Crippen molar-refractivity contribution in [1.82, 2.24) is 4.90 Å². The van der Waals surface area contributed by atoms with Gasteiger partial charge in [0.25, 0.3) is 5.91 Å². The molecule has 0 saturated carbocycles. The van der Waals surface area contributed by atoms with Crippen LogP contribution in [0.2, 0.25) is 5.02 Å². The van der Waals surface area contributed by atoms with E-state index in [1.165, 1.54) is 12.1 Å². The second-order valence-electron chi connectivity index (χ2n) is 6.12. The maximum absolute atomic E-state index is 12.8. The van der Waals surface area contributed by atoms with Gasteiger partial charge < -0.3 is 9.64 Å². The number of carbonyl (C=O) groups is 1. The van der Waals surface area contributed by atoms with Crippen LogP contribution >= 0.6 is 11.6 Å². The Labute approximate surface area is 158 Å². The van der Waals surface area contributed by atoms with Crippen LogP contribution in [-0.4, -0.2) is 44.2 Å². The minimum absolute atomic E-state index is 0.165. The van der Waals surface area contributed by atoms with Crippen molar-refractivity contribution >= 4 is 27.3 Å². The second-order valence-corrected chi connectivity index (χ2v) is 8.78. The molecule has 1 fully saturated rings. The fraction of sp³-hybridized carbons (Fsp3) is 0.316. The molecule has 1 atom stereocenters. The number of amides is 1. The average Bonchev–Trinajstić information content (AvgIpc) is 3.13. The number of likely N-dealkylation sites (tertiary alicyclic amines) is 1. The molecule has 26 heavy (non-hydrogen) atoms. The molecule has 1 aliphatic rings. The molecule has 0 bridgehead atoms. The fourth-order valence-electron chi connectivity index (χ4n) is 3.03. The number of ether oxygens (including phenoxy) is 1. The molecule has 1 aliphatic heterocycles. The predicted molar refractivity (Wildman–Crippen MR) is 101 cm³/mol. The minimum Gasteiger partial charge on any atom is -0.494 e. The van der Waals surface area contributed by atoms with E-state index in [4.69, 9.17) is 16.3 Å². The SMILES string of the molecule is CCOc1ccc(C(=O)N2CCC(S(=O)(=O)c3ccc(Cl)cc3)C2)cc1. The van der Waals surface area contributed by atoms with E-state index in [-0.39, 0.29) is 17.3 Å². The average molecular weight is 394 g/mol. The smallest absolute Gasteiger partial charge is 0.253 e. The molecular weight excluding hydrogens is 374 g/mol. The molecule has 2 aromatic carbocycles. The molecule has 1 amide bonds. The predicted octanol–water partition coefficient (Wildman–Crippen LogP) is 3.43. The topological polar surface area (TPSA) is 63.7 Å². The largest absolute Gasteiger partial charge is 0.494 e. The molecule has 0 aliphatic carbocycles. The van der Waals surface area contributed by atoms with E-state index in [1.807, 2.05) is 6.92 Å². The lowest BCUT2D eigenvalue weighted by Crippen LogP contribution is -2.31. The maximum Gasteiger partial charge on any atom is 0.253 e. The summed E-state index contributed by atoms with van der Waals surface area (Å²) in [6, 6.07) is 13.0. The maximum atomic E-state index is 12.8. The van der Waals surface area contributed by atoms with E-state index in [9.17, 15) is 13.2 Å². The van der Waals surface area contributed by atoms with E-state index in [2.05, 4.69) is 0 Å². The zero-order valence-electron chi connectivity index (χ0n) is 14.4. The van der Waals surface area contributed by atoms with Crippen LogP contribution < -0.4 is 4.74 Å². The standard InChI is InChI=1S/C19H20ClNO4S/c1-2-25-16-7-3-14(4-8-16)19(22)21-12-11-18(13-21)26(23,24)17-9-5-15(20)6-10-17/h3-10,18H,2,11-13H2,1H3. The molecule has 138 valence electrons. The van der Waals surface area contributed by atoms with Crippen molar-refractivity contribution in [3.8, 4) is 5.75 Å². The molecule has 5 nitrogen and oxygen atoms in total. The van der Waals surface area contributed by atoms with Gasteiger partial charge in [-0.3, -0.25) is 4.79 Å². The third kappa shape index (κ3) is 3.86. The highest BCUT2D eigenvalue weighted by atomic mass is 35.5. The fourth-order valence-corrected chi connectivity index (χ4v) is 4.84. The van der Waals surface area contributed by atoms with Crippen LogP contribution in [0.4, 0.5) is 0 Å². The van der Waals surface area contributed by atoms with Crippen molar-refractivity contribution in [3.63, 3.8) is 0 Å². The summed E-state index contributed by atoms with van der Waals surface area (Å²) in [5.41, 5.74) is 0.526. The molecule has 2 aromatic rings. The molecular formula is C19H20ClNO4S. The van der Waals surface area contributed by atoms with Gasteiger partial charge in [-0.1, -0.05) is 11.6 Å². The van der Waals surface area contributed by atoms with Crippen LogP contribution in [0.3, 0.4) is 0 Å². The monoisotopic (exact) mass is 393 g/mol. The summed E-state index contributed by atoms with van der Waals surface area (Å²) in [6.45, 7) is 3.06. The summed E-state index contributed by atoms with van der Waals surface area (Å²) in [4.78, 5) is 14.5. The molecule has 3 rings (SSSR count). The number of hydrogen-bond acceptors (Lipinski definition) is 4. The Morgan fingerprint density at radius 2 is 1.81 bits per heavy atom. The Morgan fingerprint density at radius 3 is 2.42 bits per heavy atom. The van der Waals surface area contributed by atoms with Gasteiger partial charge in [0.15, 0.2) is 9.84 Å². The number of rotatable bonds is 5. The van der Waals surface area contributed by atoms with E-state index >= 15 is 0 Å². The van der Waals surface area contributed by atoms with Gasteiger partial charge in [-0.2, -0.15) is 0 Å². The van der Waals surface area contributed by atoms with Crippen LogP contribution in [0, 0.1) is 0 Å². The normalized spacial score (nSPS) is 17.3. The molecule has 0 aromatic heterocycles. The van der Waals surface area contributed by atoms with E-state index in [0.29, 0.717) is 35.9 Å². The quantitative estimate of drug-likeness (QED) is 0.780. The highest BCUT2D eigenvalue weighted by Crippen LogP contribution is 2.26. The van der Waals surface area contributed by atoms with Crippen molar-refractivity contribution < 1.29 is 17.9 Å². The first-order valence-corrected chi connectivity index (χ1v) is 10.4. The lowest BCUT2D eigenvalue weighted by molar-refractivity contribution is 0.0793. The summed E-state index contributed by atoms with van der Waals surface area (Å²) in [5.74, 6) is 0.538. The van der Waals surface area contributed by atoms with Gasteiger partial charge in [0.2, 0.25) is 0 Å². The lowest BCUT2D eigenvalue weighted by atomic mass is 10.2. The Hall–Kier alpha value is -2.05. The van der Waals surface area contributed by atoms with E-state index in [1.54, 1.807) is 41.3 Å². The Kier molecular flexibility index (Phi) is 5.53. The summed E-state index contributed by atoms with van der Waals surface area (Å²) >= 11 is 5.83. The first-order chi connectivity index (χ1) is 12.4. The Morgan fingerprint density at radius 1 is 1.15 bits per heavy atom. The van der Waals surface area contributed by atoms with Gasteiger partial charge >= 0.3 is 0 Å². The molecule has 1 heterocycles. The number of benzene rings is 2. The molecule has 7 heteroatoms. The van der Waals surface area contributed by atoms with Gasteiger partial charge in [0.1, 0.15) is 5.75 Å². The van der Waals surface area contributed by atoms with E-state index < -0.39 is 15.1 Å². The minimum atomic E-state index is -3.49. The second kappa shape index (κ2) is 7.68. The molecule has 0 spiro atoms. The van der Waals surface area contributed by atoms with Crippen LogP contribution in [0.15, 0.2) is 53.4 Å². The van der Waals surface area contributed by atoms with Crippen LogP contribution in [0.25, 0.3) is 0 Å². The summed E-state index contributed by atoms with van der Waals surface area (Å²) in [6.07, 6.45) is 0.424. The van der Waals surface area contributed by atoms with Gasteiger partial charge in [-0.05, 0) is 61.9 Å². The van der Waals surface area contributed by atoms with Crippen LogP contribution in [0.5, 0.6) is 5.75 Å². The van der Waals surface area contributed by atoms with Gasteiger partial charge in [0, 0.05) is 23.7 Å². The summed E-state index contributed by atoms with van der Waals surface area (Å²) in [7, 11) is -3.49. The Balaban J connectivity index is 1.71. The van der Waals surface area contributed by atoms with Crippen molar-refractivity contribution in [1.29, 1.82) is 0 Å². The van der Waals surface area contributed by atoms with Crippen molar-refractivity contribution in [2.45, 2.75) is 23.5 Å². The molecule has 1 unspecified atom stereocenters. The van der Waals surface area contributed by atoms with Crippen molar-refractivity contribution in [2.75, 3.05) is 19.7 Å². The van der Waals surface area contributed by atoms with Gasteiger partial charge in [0.05, 0.1) is 16.8 Å². The van der Waals surface area contributed by atoms with Crippen molar-refractivity contribution in [3.05, 3.63) is 59.1 Å². The number of halogens is 1. The third-order valence-corrected chi connectivity index (χ3v) is 6.87. The van der Waals surface area contributed by atoms with Gasteiger partial charge in [-0.15, -0.1) is 0 Å². The first kappa shape index (κ1) is 18.7. The van der Waals surface area contributed by atoms with Gasteiger partial charge in [-0.25, -0.2) is 8.42 Å². The molecule has 0 radical (unpaired) electrons. The number of hydrogen-bond donors (Lipinski definition) is 0. The zero-order chi connectivity index (χ0) is 18.7. The first-order valence-electron chi connectivity index (χ1n) is 8.43.